The largest absolute Gasteiger partial charge is 0.492 e. The van der Waals surface area contributed by atoms with Crippen molar-refractivity contribution < 1.29 is 13.9 Å². The van der Waals surface area contributed by atoms with E-state index in [1.807, 2.05) is 37.3 Å². The lowest BCUT2D eigenvalue weighted by molar-refractivity contribution is -0.120. The fourth-order valence-electron chi connectivity index (χ4n) is 1.77. The molecule has 1 atom stereocenters. The normalized spacial score (nSPS) is 11.7. The molecule has 0 fully saturated rings. The third-order valence-corrected chi connectivity index (χ3v) is 4.02. The van der Waals surface area contributed by atoms with Crippen LogP contribution in [-0.4, -0.2) is 24.3 Å². The Labute approximate surface area is 133 Å². The average molecular weight is 319 g/mol. The van der Waals surface area contributed by atoms with Crippen molar-refractivity contribution in [3.05, 3.63) is 60.4 Å². The summed E-state index contributed by atoms with van der Waals surface area (Å²) in [6.45, 7) is 2.63. The van der Waals surface area contributed by atoms with E-state index in [1.165, 1.54) is 23.9 Å². The smallest absolute Gasteiger partial charge is 0.233 e. The summed E-state index contributed by atoms with van der Waals surface area (Å²) in [5, 5.41) is 2.65. The van der Waals surface area contributed by atoms with E-state index >= 15 is 0 Å². The van der Waals surface area contributed by atoms with E-state index in [0.717, 1.165) is 4.90 Å². The first-order chi connectivity index (χ1) is 10.6. The molecule has 0 radical (unpaired) electrons. The predicted molar refractivity (Wildman–Crippen MR) is 86.7 cm³/mol. The van der Waals surface area contributed by atoms with Gasteiger partial charge in [0.2, 0.25) is 5.91 Å². The Bertz CT molecular complexity index is 589. The monoisotopic (exact) mass is 319 g/mol. The summed E-state index contributed by atoms with van der Waals surface area (Å²) < 4.78 is 18.2. The first kappa shape index (κ1) is 16.4. The van der Waals surface area contributed by atoms with Crippen molar-refractivity contribution in [2.75, 3.05) is 13.2 Å². The van der Waals surface area contributed by atoms with Crippen molar-refractivity contribution in [1.82, 2.24) is 5.32 Å². The molecular formula is C17H18FNO2S. The summed E-state index contributed by atoms with van der Waals surface area (Å²) in [6.07, 6.45) is 0. The number of carbonyl (C=O) groups is 1. The van der Waals surface area contributed by atoms with Gasteiger partial charge in [0.05, 0.1) is 11.8 Å². The number of thioether (sulfide) groups is 1. The number of halogens is 1. The molecule has 0 aliphatic heterocycles. The maximum absolute atomic E-state index is 12.7. The standard InChI is InChI=1S/C17H18FNO2S/c1-13(22-16-5-3-2-4-6-16)17(20)19-11-12-21-15-9-7-14(18)8-10-15/h2-10,13H,11-12H2,1H3,(H,19,20)/t13-/m0/s1. The van der Waals surface area contributed by atoms with Gasteiger partial charge in [-0.05, 0) is 43.3 Å². The van der Waals surface area contributed by atoms with Crippen LogP contribution in [0.4, 0.5) is 4.39 Å². The molecule has 5 heteroatoms. The van der Waals surface area contributed by atoms with Crippen molar-refractivity contribution in [3.63, 3.8) is 0 Å². The van der Waals surface area contributed by atoms with E-state index in [2.05, 4.69) is 5.32 Å². The molecule has 3 nitrogen and oxygen atoms in total. The molecule has 0 spiro atoms. The summed E-state index contributed by atoms with van der Waals surface area (Å²) in [7, 11) is 0. The van der Waals surface area contributed by atoms with Crippen LogP contribution in [0.2, 0.25) is 0 Å². The number of amides is 1. The molecule has 0 saturated heterocycles. The van der Waals surface area contributed by atoms with Crippen LogP contribution in [0.5, 0.6) is 5.75 Å². The van der Waals surface area contributed by atoms with Crippen LogP contribution < -0.4 is 10.1 Å². The zero-order valence-electron chi connectivity index (χ0n) is 12.3. The predicted octanol–water partition coefficient (Wildman–Crippen LogP) is 3.50. The Hall–Kier alpha value is -2.01. The molecule has 2 aromatic carbocycles. The lowest BCUT2D eigenvalue weighted by Gasteiger charge is -2.12. The lowest BCUT2D eigenvalue weighted by atomic mass is 10.3. The highest BCUT2D eigenvalue weighted by Crippen LogP contribution is 2.22. The van der Waals surface area contributed by atoms with E-state index in [4.69, 9.17) is 4.74 Å². The third kappa shape index (κ3) is 5.41. The maximum Gasteiger partial charge on any atom is 0.233 e. The highest BCUT2D eigenvalue weighted by Gasteiger charge is 2.13. The van der Waals surface area contributed by atoms with E-state index in [9.17, 15) is 9.18 Å². The molecule has 22 heavy (non-hydrogen) atoms. The highest BCUT2D eigenvalue weighted by atomic mass is 32.2. The van der Waals surface area contributed by atoms with Crippen molar-refractivity contribution in [2.45, 2.75) is 17.1 Å². The fraction of sp³-hybridized carbons (Fsp3) is 0.235. The number of rotatable bonds is 7. The van der Waals surface area contributed by atoms with Crippen molar-refractivity contribution in [3.8, 4) is 5.75 Å². The first-order valence-corrected chi connectivity index (χ1v) is 7.91. The van der Waals surface area contributed by atoms with Crippen molar-refractivity contribution in [1.29, 1.82) is 0 Å². The molecule has 0 unspecified atom stereocenters. The molecule has 0 aromatic heterocycles. The quantitative estimate of drug-likeness (QED) is 0.627. The van der Waals surface area contributed by atoms with E-state index in [-0.39, 0.29) is 17.0 Å². The summed E-state index contributed by atoms with van der Waals surface area (Å²) in [5.41, 5.74) is 0. The molecule has 0 aliphatic carbocycles. The summed E-state index contributed by atoms with van der Waals surface area (Å²) >= 11 is 1.51. The Kier molecular flexibility index (Phi) is 6.27. The second-order valence-electron chi connectivity index (χ2n) is 4.67. The van der Waals surface area contributed by atoms with E-state index in [0.29, 0.717) is 18.9 Å². The van der Waals surface area contributed by atoms with Crippen molar-refractivity contribution in [2.24, 2.45) is 0 Å². The van der Waals surface area contributed by atoms with Crippen LogP contribution in [-0.2, 0) is 4.79 Å². The number of hydrogen-bond donors (Lipinski definition) is 1. The van der Waals surface area contributed by atoms with Gasteiger partial charge in [-0.1, -0.05) is 18.2 Å². The van der Waals surface area contributed by atoms with Crippen LogP contribution in [0, 0.1) is 5.82 Å². The number of carbonyl (C=O) groups excluding carboxylic acids is 1. The van der Waals surface area contributed by atoms with Crippen LogP contribution in [0.3, 0.4) is 0 Å². The number of ether oxygens (including phenoxy) is 1. The van der Waals surface area contributed by atoms with Gasteiger partial charge in [0.1, 0.15) is 18.2 Å². The zero-order chi connectivity index (χ0) is 15.8. The van der Waals surface area contributed by atoms with E-state index in [1.54, 1.807) is 12.1 Å². The SMILES string of the molecule is C[C@H](Sc1ccccc1)C(=O)NCCOc1ccc(F)cc1. The summed E-state index contributed by atoms with van der Waals surface area (Å²) in [4.78, 5) is 13.0. The third-order valence-electron chi connectivity index (χ3n) is 2.91. The Morgan fingerprint density at radius 2 is 1.86 bits per heavy atom. The molecular weight excluding hydrogens is 301 g/mol. The van der Waals surface area contributed by atoms with Gasteiger partial charge in [-0.3, -0.25) is 4.79 Å². The summed E-state index contributed by atoms with van der Waals surface area (Å²) in [5.74, 6) is 0.256. The molecule has 2 aromatic rings. The molecule has 1 N–H and O–H groups in total. The lowest BCUT2D eigenvalue weighted by Crippen LogP contribution is -2.33. The maximum atomic E-state index is 12.7. The topological polar surface area (TPSA) is 38.3 Å². The molecule has 116 valence electrons. The minimum absolute atomic E-state index is 0.0310. The van der Waals surface area contributed by atoms with E-state index < -0.39 is 0 Å². The van der Waals surface area contributed by atoms with Gasteiger partial charge in [-0.2, -0.15) is 0 Å². The van der Waals surface area contributed by atoms with Gasteiger partial charge in [-0.25, -0.2) is 4.39 Å². The number of nitrogens with one attached hydrogen (secondary N) is 1. The van der Waals surface area contributed by atoms with Crippen LogP contribution in [0.15, 0.2) is 59.5 Å². The zero-order valence-corrected chi connectivity index (χ0v) is 13.1. The Morgan fingerprint density at radius 3 is 2.55 bits per heavy atom. The van der Waals surface area contributed by atoms with Gasteiger partial charge in [-0.15, -0.1) is 11.8 Å². The minimum atomic E-state index is -0.299. The Morgan fingerprint density at radius 1 is 1.18 bits per heavy atom. The highest BCUT2D eigenvalue weighted by molar-refractivity contribution is 8.00. The molecule has 0 heterocycles. The fourth-order valence-corrected chi connectivity index (χ4v) is 2.69. The Balaban J connectivity index is 1.67. The molecule has 1 amide bonds. The first-order valence-electron chi connectivity index (χ1n) is 7.03. The minimum Gasteiger partial charge on any atom is -0.492 e. The van der Waals surface area contributed by atoms with Crippen LogP contribution in [0.25, 0.3) is 0 Å². The second kappa shape index (κ2) is 8.44. The number of benzene rings is 2. The summed E-state index contributed by atoms with van der Waals surface area (Å²) in [6, 6.07) is 15.6. The van der Waals surface area contributed by atoms with Gasteiger partial charge >= 0.3 is 0 Å². The molecule has 0 aliphatic rings. The second-order valence-corrected chi connectivity index (χ2v) is 6.08. The molecule has 0 bridgehead atoms. The molecule has 0 saturated carbocycles. The van der Waals surface area contributed by atoms with Crippen molar-refractivity contribution >= 4 is 17.7 Å². The number of hydrogen-bond acceptors (Lipinski definition) is 3. The van der Waals surface area contributed by atoms with Crippen LogP contribution in [0.1, 0.15) is 6.92 Å². The van der Waals surface area contributed by atoms with Gasteiger partial charge < -0.3 is 10.1 Å². The van der Waals surface area contributed by atoms with Gasteiger partial charge in [0.25, 0.3) is 0 Å². The average Bonchev–Trinajstić information content (AvgIpc) is 2.54. The molecule has 2 rings (SSSR count). The van der Waals surface area contributed by atoms with Gasteiger partial charge in [0, 0.05) is 4.90 Å². The van der Waals surface area contributed by atoms with Gasteiger partial charge in [0.15, 0.2) is 0 Å². The van der Waals surface area contributed by atoms with Crippen LogP contribution >= 0.6 is 11.8 Å².